The number of nitrogens with zero attached hydrogens (tertiary/aromatic N) is 2. The van der Waals surface area contributed by atoms with Gasteiger partial charge in [0.1, 0.15) is 12.4 Å². The zero-order valence-corrected chi connectivity index (χ0v) is 14.1. The van der Waals surface area contributed by atoms with Crippen LogP contribution in [0, 0.1) is 0 Å². The molecule has 2 aliphatic rings. The highest BCUT2D eigenvalue weighted by atomic mass is 31.1. The van der Waals surface area contributed by atoms with Crippen molar-refractivity contribution in [3.8, 4) is 0 Å². The number of aryl methyl sites for hydroxylation is 2. The summed E-state index contributed by atoms with van der Waals surface area (Å²) in [6.45, 7) is 0. The van der Waals surface area contributed by atoms with E-state index in [1.54, 1.807) is 5.57 Å². The molecule has 0 aliphatic heterocycles. The third-order valence-electron chi connectivity index (χ3n) is 5.31. The van der Waals surface area contributed by atoms with Crippen LogP contribution in [0.15, 0.2) is 12.4 Å². The maximum Gasteiger partial charge on any atom is 0.276 e. The third kappa shape index (κ3) is 2.96. The van der Waals surface area contributed by atoms with Gasteiger partial charge in [-0.1, -0.05) is 38.5 Å². The van der Waals surface area contributed by atoms with Gasteiger partial charge >= 0.3 is 0 Å². The highest BCUT2D eigenvalue weighted by Gasteiger charge is 2.38. The summed E-state index contributed by atoms with van der Waals surface area (Å²) in [5, 5.41) is 0. The quantitative estimate of drug-likeness (QED) is 0.594. The van der Waals surface area contributed by atoms with Gasteiger partial charge in [-0.25, -0.2) is 9.13 Å². The highest BCUT2D eigenvalue weighted by Crippen LogP contribution is 2.54. The molecule has 0 N–H and O–H groups in total. The minimum absolute atomic E-state index is 0.0292. The van der Waals surface area contributed by atoms with Gasteiger partial charge in [-0.05, 0) is 37.0 Å². The number of rotatable bonds is 3. The van der Waals surface area contributed by atoms with Crippen molar-refractivity contribution in [2.75, 3.05) is 0 Å². The first kappa shape index (κ1) is 14.6. The Labute approximate surface area is 125 Å². The summed E-state index contributed by atoms with van der Waals surface area (Å²) in [4.78, 5) is 0. The van der Waals surface area contributed by atoms with Crippen LogP contribution in [0.25, 0.3) is 0 Å². The lowest BCUT2D eigenvalue weighted by Gasteiger charge is -2.35. The molecular formula is C17H30N2P+. The van der Waals surface area contributed by atoms with Crippen molar-refractivity contribution in [3.63, 3.8) is 0 Å². The van der Waals surface area contributed by atoms with Crippen molar-refractivity contribution in [2.45, 2.75) is 75.5 Å². The Hall–Kier alpha value is -0.360. The second-order valence-electron chi connectivity index (χ2n) is 6.81. The predicted octanol–water partition coefficient (Wildman–Crippen LogP) is 3.62. The second kappa shape index (κ2) is 6.60. The summed E-state index contributed by atoms with van der Waals surface area (Å²) in [6.07, 6.45) is 19.4. The Morgan fingerprint density at radius 1 is 0.950 bits per heavy atom. The lowest BCUT2D eigenvalue weighted by molar-refractivity contribution is -0.652. The molecule has 2 nitrogen and oxygen atoms in total. The molecule has 0 radical (unpaired) electrons. The van der Waals surface area contributed by atoms with E-state index in [9.17, 15) is 0 Å². The number of hydrogen-bond acceptors (Lipinski definition) is 0. The maximum absolute atomic E-state index is 2.43. The Balaban J connectivity index is 1.89. The Morgan fingerprint density at radius 2 is 1.45 bits per heavy atom. The van der Waals surface area contributed by atoms with Gasteiger partial charge in [0.2, 0.25) is 0 Å². The summed E-state index contributed by atoms with van der Waals surface area (Å²) < 4.78 is 4.85. The minimum atomic E-state index is 0.0292. The zero-order chi connectivity index (χ0) is 13.9. The first-order valence-corrected chi connectivity index (χ1v) is 10.0. The van der Waals surface area contributed by atoms with Crippen molar-refractivity contribution in [2.24, 2.45) is 14.1 Å². The number of aromatic nitrogens is 2. The zero-order valence-electron chi connectivity index (χ0n) is 13.2. The van der Waals surface area contributed by atoms with Crippen molar-refractivity contribution in [1.82, 2.24) is 4.57 Å². The van der Waals surface area contributed by atoms with Gasteiger partial charge in [0.15, 0.2) is 0 Å². The topological polar surface area (TPSA) is 8.81 Å². The van der Waals surface area contributed by atoms with Gasteiger partial charge in [-0.2, -0.15) is 0 Å². The van der Waals surface area contributed by atoms with E-state index in [4.69, 9.17) is 0 Å². The van der Waals surface area contributed by atoms with Crippen LogP contribution in [0.4, 0.5) is 0 Å². The lowest BCUT2D eigenvalue weighted by Crippen LogP contribution is -2.47. The minimum Gasteiger partial charge on any atom is -0.233 e. The fourth-order valence-corrected chi connectivity index (χ4v) is 8.24. The van der Waals surface area contributed by atoms with E-state index < -0.39 is 0 Å². The monoisotopic (exact) mass is 293 g/mol. The first-order chi connectivity index (χ1) is 9.77. The molecule has 20 heavy (non-hydrogen) atoms. The summed E-state index contributed by atoms with van der Waals surface area (Å²) in [5.41, 5.74) is 3.65. The van der Waals surface area contributed by atoms with E-state index in [1.807, 2.05) is 0 Å². The van der Waals surface area contributed by atoms with Crippen LogP contribution in [0.3, 0.4) is 0 Å². The highest BCUT2D eigenvalue weighted by molar-refractivity contribution is 7.66. The van der Waals surface area contributed by atoms with Gasteiger partial charge in [-0.15, -0.1) is 0 Å². The average Bonchev–Trinajstić information content (AvgIpc) is 2.82. The molecule has 0 unspecified atom stereocenters. The maximum atomic E-state index is 2.43. The predicted molar refractivity (Wildman–Crippen MR) is 86.9 cm³/mol. The molecule has 0 spiro atoms. The van der Waals surface area contributed by atoms with E-state index in [-0.39, 0.29) is 7.92 Å². The van der Waals surface area contributed by atoms with E-state index in [1.165, 1.54) is 64.2 Å². The Kier molecular flexibility index (Phi) is 4.81. The molecular weight excluding hydrogens is 263 g/mol. The summed E-state index contributed by atoms with van der Waals surface area (Å²) in [6, 6.07) is 0. The van der Waals surface area contributed by atoms with Crippen LogP contribution in [0.5, 0.6) is 0 Å². The molecule has 1 heterocycles. The van der Waals surface area contributed by atoms with Gasteiger partial charge in [0.25, 0.3) is 5.57 Å². The molecule has 0 amide bonds. The van der Waals surface area contributed by atoms with E-state index in [0.717, 1.165) is 11.3 Å². The van der Waals surface area contributed by atoms with Gasteiger partial charge in [-0.3, -0.25) is 0 Å². The molecule has 1 aromatic heterocycles. The second-order valence-corrected chi connectivity index (χ2v) is 9.49. The van der Waals surface area contributed by atoms with E-state index in [0.29, 0.717) is 0 Å². The fourth-order valence-electron chi connectivity index (χ4n) is 4.29. The molecule has 2 aliphatic carbocycles. The Bertz CT molecular complexity index is 391. The van der Waals surface area contributed by atoms with Crippen LogP contribution < -0.4 is 10.1 Å². The lowest BCUT2D eigenvalue weighted by atomic mass is 9.99. The molecule has 0 atom stereocenters. The van der Waals surface area contributed by atoms with Crippen LogP contribution in [0.1, 0.15) is 64.2 Å². The first-order valence-electron chi connectivity index (χ1n) is 8.56. The SMILES string of the molecule is Cn1cc[n+](C)c1P(C1CCCCC1)C1CCCCC1. The average molecular weight is 293 g/mol. The van der Waals surface area contributed by atoms with Gasteiger partial charge < -0.3 is 0 Å². The van der Waals surface area contributed by atoms with Crippen LogP contribution in [-0.4, -0.2) is 15.9 Å². The van der Waals surface area contributed by atoms with E-state index >= 15 is 0 Å². The molecule has 1 aromatic rings. The van der Waals surface area contributed by atoms with Crippen molar-refractivity contribution < 1.29 is 4.57 Å². The van der Waals surface area contributed by atoms with Crippen molar-refractivity contribution >= 4 is 13.5 Å². The Morgan fingerprint density at radius 3 is 1.85 bits per heavy atom. The summed E-state index contributed by atoms with van der Waals surface area (Å²) in [7, 11) is 4.55. The largest absolute Gasteiger partial charge is 0.276 e. The summed E-state index contributed by atoms with van der Waals surface area (Å²) >= 11 is 0. The molecule has 0 saturated heterocycles. The molecule has 2 saturated carbocycles. The fraction of sp³-hybridized carbons (Fsp3) is 0.824. The molecule has 2 fully saturated rings. The molecule has 0 bridgehead atoms. The van der Waals surface area contributed by atoms with Crippen molar-refractivity contribution in [3.05, 3.63) is 12.4 Å². The van der Waals surface area contributed by atoms with Crippen LogP contribution in [-0.2, 0) is 14.1 Å². The van der Waals surface area contributed by atoms with Crippen LogP contribution >= 0.6 is 7.92 Å². The third-order valence-corrected chi connectivity index (χ3v) is 9.01. The number of imidazole rings is 1. The normalized spacial score (nSPS) is 22.6. The molecule has 3 heteroatoms. The molecule has 112 valence electrons. The van der Waals surface area contributed by atoms with Crippen LogP contribution in [0.2, 0.25) is 0 Å². The van der Waals surface area contributed by atoms with Gasteiger partial charge in [0, 0.05) is 7.92 Å². The van der Waals surface area contributed by atoms with Gasteiger partial charge in [0.05, 0.1) is 14.1 Å². The number of hydrogen-bond donors (Lipinski definition) is 0. The smallest absolute Gasteiger partial charge is 0.233 e. The molecule has 0 aromatic carbocycles. The standard InChI is InChI=1S/C17H30N2P/c1-18-13-14-19(2)17(18)20(15-9-5-3-6-10-15)16-11-7-4-8-12-16/h13-16H,3-12H2,1-2H3/q+1. The summed E-state index contributed by atoms with van der Waals surface area (Å²) in [5.74, 6) is 0. The van der Waals surface area contributed by atoms with E-state index in [2.05, 4.69) is 35.6 Å². The van der Waals surface area contributed by atoms with Crippen molar-refractivity contribution in [1.29, 1.82) is 0 Å². The molecule has 3 rings (SSSR count).